The van der Waals surface area contributed by atoms with E-state index in [2.05, 4.69) is 21.2 Å². The van der Waals surface area contributed by atoms with Gasteiger partial charge in [-0.25, -0.2) is 19.0 Å². The Kier molecular flexibility index (Phi) is 8.72. The minimum atomic E-state index is -1.14. The number of halogens is 4. The predicted octanol–water partition coefficient (Wildman–Crippen LogP) is 6.64. The lowest BCUT2D eigenvalue weighted by molar-refractivity contribution is -0.122. The second-order valence-corrected chi connectivity index (χ2v) is 9.91. The molecule has 204 valence electrons. The van der Waals surface area contributed by atoms with Gasteiger partial charge in [0.2, 0.25) is 5.91 Å². The van der Waals surface area contributed by atoms with Gasteiger partial charge in [0.25, 0.3) is 0 Å². The molecule has 2 heterocycles. The first-order chi connectivity index (χ1) is 18.6. The summed E-state index contributed by atoms with van der Waals surface area (Å²) in [4.78, 5) is 29.4. The number of carbonyl (C=O) groups excluding carboxylic acids is 2. The van der Waals surface area contributed by atoms with Gasteiger partial charge in [-0.15, -0.1) is 0 Å². The molecule has 7 nitrogen and oxygen atoms in total. The zero-order valence-corrected chi connectivity index (χ0v) is 22.7. The van der Waals surface area contributed by atoms with Gasteiger partial charge in [-0.05, 0) is 73.4 Å². The van der Waals surface area contributed by atoms with Crippen LogP contribution in [0.2, 0.25) is 10.0 Å². The maximum atomic E-state index is 14.1. The van der Waals surface area contributed by atoms with Crippen LogP contribution in [0.4, 0.5) is 19.3 Å². The number of amides is 2. The smallest absolute Gasteiger partial charge is 0.425 e. The molecular weight excluding hydrogens is 549 g/mol. The Balaban J connectivity index is 0.000000379. The van der Waals surface area contributed by atoms with E-state index in [0.29, 0.717) is 40.5 Å². The van der Waals surface area contributed by atoms with Crippen LogP contribution in [0.3, 0.4) is 0 Å². The number of hydrogen-bond acceptors (Lipinski definition) is 5. The van der Waals surface area contributed by atoms with Crippen molar-refractivity contribution in [2.75, 3.05) is 11.9 Å². The third-order valence-corrected chi connectivity index (χ3v) is 6.92. The molecule has 0 saturated carbocycles. The molecule has 11 heteroatoms. The van der Waals surface area contributed by atoms with Crippen molar-refractivity contribution in [3.63, 3.8) is 0 Å². The fourth-order valence-electron chi connectivity index (χ4n) is 4.70. The summed E-state index contributed by atoms with van der Waals surface area (Å²) in [7, 11) is 0. The van der Waals surface area contributed by atoms with Crippen molar-refractivity contribution >= 4 is 46.7 Å². The van der Waals surface area contributed by atoms with Gasteiger partial charge in [0, 0.05) is 22.2 Å². The summed E-state index contributed by atoms with van der Waals surface area (Å²) in [6.45, 7) is 3.88. The van der Waals surface area contributed by atoms with Crippen LogP contribution in [0, 0.1) is 18.6 Å². The standard InChI is InChI=1S/C21H19ClF2N4O3.C7H7Cl/c1-2-31-20(30)28-27-17-7-8-21(13-5-4-12(22)10-16(13)25-19(21)29)18(26-17)11-3-6-14(23)15(24)9-11;1-6-3-2-4-7(8)5-6/h3-6,9-10,18H,2,7-8H2,1H3,(H,25,29)(H,26,27)(H,28,30);2-5H,1H3/t18-,21-;/m1./s1. The van der Waals surface area contributed by atoms with Crippen LogP contribution >= 0.6 is 23.2 Å². The molecule has 0 aromatic heterocycles. The average Bonchev–Trinajstić information content (AvgIpc) is 3.16. The fraction of sp³-hybridized carbons (Fsp3) is 0.250. The minimum absolute atomic E-state index is 0.195. The number of fused-ring (bicyclic) bond motifs is 2. The van der Waals surface area contributed by atoms with E-state index >= 15 is 0 Å². The summed E-state index contributed by atoms with van der Waals surface area (Å²) in [5.74, 6) is -1.96. The molecule has 2 aliphatic heterocycles. The topological polar surface area (TPSA) is 91.8 Å². The van der Waals surface area contributed by atoms with Crippen molar-refractivity contribution in [2.24, 2.45) is 4.99 Å². The van der Waals surface area contributed by atoms with E-state index in [4.69, 9.17) is 27.9 Å². The second-order valence-electron chi connectivity index (χ2n) is 9.04. The van der Waals surface area contributed by atoms with Crippen LogP contribution in [0.1, 0.15) is 42.5 Å². The summed E-state index contributed by atoms with van der Waals surface area (Å²) in [6, 6.07) is 15.4. The first-order valence-electron chi connectivity index (χ1n) is 12.2. The second kappa shape index (κ2) is 12.0. The molecule has 2 amide bonds. The van der Waals surface area contributed by atoms with E-state index in [1.807, 2.05) is 31.2 Å². The molecule has 1 spiro atoms. The van der Waals surface area contributed by atoms with Crippen molar-refractivity contribution < 1.29 is 23.1 Å². The lowest BCUT2D eigenvalue weighted by Crippen LogP contribution is -2.48. The van der Waals surface area contributed by atoms with Gasteiger partial charge in [-0.2, -0.15) is 0 Å². The third kappa shape index (κ3) is 6.15. The number of amidine groups is 1. The molecular formula is C28H26Cl2F2N4O3. The number of ether oxygens (including phenoxy) is 1. The maximum Gasteiger partial charge on any atom is 0.425 e. The number of carbonyl (C=O) groups is 2. The van der Waals surface area contributed by atoms with Gasteiger partial charge >= 0.3 is 6.09 Å². The van der Waals surface area contributed by atoms with Gasteiger partial charge in [0.1, 0.15) is 11.3 Å². The van der Waals surface area contributed by atoms with Crippen molar-refractivity contribution in [3.8, 4) is 0 Å². The van der Waals surface area contributed by atoms with Crippen molar-refractivity contribution in [1.82, 2.24) is 10.9 Å². The van der Waals surface area contributed by atoms with Crippen LogP contribution in [0.5, 0.6) is 0 Å². The zero-order chi connectivity index (χ0) is 28.2. The fourth-order valence-corrected chi connectivity index (χ4v) is 5.12. The summed E-state index contributed by atoms with van der Waals surface area (Å²) in [6.07, 6.45) is -0.0522. The van der Waals surface area contributed by atoms with Gasteiger partial charge in [0.15, 0.2) is 11.6 Å². The van der Waals surface area contributed by atoms with E-state index < -0.39 is 29.2 Å². The highest BCUT2D eigenvalue weighted by molar-refractivity contribution is 6.31. The Hall–Kier alpha value is -3.69. The number of rotatable bonds is 2. The van der Waals surface area contributed by atoms with E-state index in [-0.39, 0.29) is 12.5 Å². The van der Waals surface area contributed by atoms with E-state index in [9.17, 15) is 18.4 Å². The van der Waals surface area contributed by atoms with Crippen LogP contribution < -0.4 is 16.2 Å². The Bertz CT molecular complexity index is 1420. The number of nitrogens with zero attached hydrogens (tertiary/aromatic N) is 1. The average molecular weight is 575 g/mol. The highest BCUT2D eigenvalue weighted by Crippen LogP contribution is 2.53. The van der Waals surface area contributed by atoms with Gasteiger partial charge in [-0.1, -0.05) is 47.5 Å². The van der Waals surface area contributed by atoms with Crippen molar-refractivity contribution in [3.05, 3.63) is 99.0 Å². The normalized spacial score (nSPS) is 19.3. The molecule has 39 heavy (non-hydrogen) atoms. The quantitative estimate of drug-likeness (QED) is 0.299. The number of anilines is 1. The first kappa shape index (κ1) is 28.3. The summed E-state index contributed by atoms with van der Waals surface area (Å²) in [5.41, 5.74) is 6.69. The summed E-state index contributed by atoms with van der Waals surface area (Å²) < 4.78 is 32.4. The third-order valence-electron chi connectivity index (χ3n) is 6.45. The largest absolute Gasteiger partial charge is 0.449 e. The van der Waals surface area contributed by atoms with Crippen LogP contribution in [-0.4, -0.2) is 24.4 Å². The Morgan fingerprint density at radius 3 is 2.54 bits per heavy atom. The molecule has 0 fully saturated rings. The zero-order valence-electron chi connectivity index (χ0n) is 21.2. The van der Waals surface area contributed by atoms with E-state index in [0.717, 1.165) is 17.2 Å². The van der Waals surface area contributed by atoms with Crippen molar-refractivity contribution in [2.45, 2.75) is 38.1 Å². The molecule has 3 N–H and O–H groups in total. The van der Waals surface area contributed by atoms with Gasteiger partial charge < -0.3 is 10.1 Å². The van der Waals surface area contributed by atoms with E-state index in [1.54, 1.807) is 25.1 Å². The van der Waals surface area contributed by atoms with Gasteiger partial charge in [-0.3, -0.25) is 15.2 Å². The SMILES string of the molecule is CCOC(=O)NNC1=N[C@H](c2ccc(F)c(F)c2)[C@]2(CC1)C(=O)Nc1cc(Cl)ccc12.Cc1cccc(Cl)c1. The van der Waals surface area contributed by atoms with Crippen LogP contribution in [0.25, 0.3) is 0 Å². The summed E-state index contributed by atoms with van der Waals surface area (Å²) >= 11 is 11.7. The Morgan fingerprint density at radius 1 is 1.10 bits per heavy atom. The number of benzene rings is 3. The molecule has 5 rings (SSSR count). The highest BCUT2D eigenvalue weighted by atomic mass is 35.5. The number of aryl methyl sites for hydroxylation is 1. The molecule has 0 bridgehead atoms. The maximum absolute atomic E-state index is 14.1. The molecule has 2 aliphatic rings. The Labute approximate surface area is 234 Å². The number of hydrazine groups is 1. The Morgan fingerprint density at radius 2 is 1.87 bits per heavy atom. The summed E-state index contributed by atoms with van der Waals surface area (Å²) in [5, 5.41) is 4.10. The molecule has 0 unspecified atom stereocenters. The lowest BCUT2D eigenvalue weighted by atomic mass is 9.68. The van der Waals surface area contributed by atoms with Crippen LogP contribution in [0.15, 0.2) is 65.7 Å². The van der Waals surface area contributed by atoms with Crippen LogP contribution in [-0.2, 0) is 14.9 Å². The number of nitrogens with one attached hydrogen (secondary N) is 3. The van der Waals surface area contributed by atoms with Gasteiger partial charge in [0.05, 0.1) is 12.6 Å². The monoisotopic (exact) mass is 574 g/mol. The molecule has 0 saturated heterocycles. The molecule has 3 aromatic rings. The molecule has 2 atom stereocenters. The van der Waals surface area contributed by atoms with E-state index in [1.165, 1.54) is 11.6 Å². The first-order valence-corrected chi connectivity index (χ1v) is 12.9. The number of aliphatic imine (C=N–C) groups is 1. The molecule has 0 radical (unpaired) electrons. The highest BCUT2D eigenvalue weighted by Gasteiger charge is 2.54. The molecule has 3 aromatic carbocycles. The van der Waals surface area contributed by atoms with Crippen molar-refractivity contribution in [1.29, 1.82) is 0 Å². The number of hydrogen-bond donors (Lipinski definition) is 3. The lowest BCUT2D eigenvalue weighted by Gasteiger charge is -2.38. The predicted molar refractivity (Wildman–Crippen MR) is 147 cm³/mol. The molecule has 0 aliphatic carbocycles. The minimum Gasteiger partial charge on any atom is -0.449 e.